The monoisotopic (exact) mass is 334 g/mol. The van der Waals surface area contributed by atoms with Crippen LogP contribution in [0.2, 0.25) is 0 Å². The SMILES string of the molecule is Oc1c(Br)cc(OC(F)(F)F)cc1Br. The van der Waals surface area contributed by atoms with Crippen LogP contribution in [-0.2, 0) is 0 Å². The maximum atomic E-state index is 11.8. The van der Waals surface area contributed by atoms with Crippen LogP contribution in [0.1, 0.15) is 0 Å². The zero-order chi connectivity index (χ0) is 10.9. The normalized spacial score (nSPS) is 11.5. The number of hydrogen-bond donors (Lipinski definition) is 1. The highest BCUT2D eigenvalue weighted by Crippen LogP contribution is 2.37. The van der Waals surface area contributed by atoms with Gasteiger partial charge in [-0.2, -0.15) is 0 Å². The molecule has 14 heavy (non-hydrogen) atoms. The Labute approximate surface area is 93.9 Å². The predicted octanol–water partition coefficient (Wildman–Crippen LogP) is 3.82. The first kappa shape index (κ1) is 11.6. The molecule has 0 saturated carbocycles. The Morgan fingerprint density at radius 2 is 1.57 bits per heavy atom. The second-order valence-electron chi connectivity index (χ2n) is 2.28. The molecule has 1 rings (SSSR count). The molecule has 0 atom stereocenters. The van der Waals surface area contributed by atoms with Crippen molar-refractivity contribution in [2.45, 2.75) is 6.36 Å². The standard InChI is InChI=1S/C7H3Br2F3O2/c8-4-1-3(14-7(10,11)12)2-5(9)6(4)13/h1-2,13H. The number of rotatable bonds is 1. The molecule has 78 valence electrons. The van der Waals surface area contributed by atoms with Crippen LogP contribution in [0, 0.1) is 0 Å². The fraction of sp³-hybridized carbons (Fsp3) is 0.143. The van der Waals surface area contributed by atoms with Crippen molar-refractivity contribution in [2.24, 2.45) is 0 Å². The van der Waals surface area contributed by atoms with Gasteiger partial charge in [-0.3, -0.25) is 0 Å². The van der Waals surface area contributed by atoms with Crippen LogP contribution in [0.3, 0.4) is 0 Å². The van der Waals surface area contributed by atoms with Gasteiger partial charge in [0.25, 0.3) is 0 Å². The van der Waals surface area contributed by atoms with Crippen molar-refractivity contribution in [3.8, 4) is 11.5 Å². The molecule has 0 fully saturated rings. The van der Waals surface area contributed by atoms with Gasteiger partial charge in [-0.05, 0) is 44.0 Å². The molecule has 0 aromatic heterocycles. The summed E-state index contributed by atoms with van der Waals surface area (Å²) < 4.78 is 39.3. The summed E-state index contributed by atoms with van der Waals surface area (Å²) in [6, 6.07) is 2.04. The molecule has 0 heterocycles. The molecular weight excluding hydrogens is 333 g/mol. The second-order valence-corrected chi connectivity index (χ2v) is 3.99. The molecule has 0 saturated heterocycles. The average molecular weight is 336 g/mol. The van der Waals surface area contributed by atoms with E-state index in [4.69, 9.17) is 0 Å². The van der Waals surface area contributed by atoms with Gasteiger partial charge in [0, 0.05) is 0 Å². The summed E-state index contributed by atoms with van der Waals surface area (Å²) in [7, 11) is 0. The Balaban J connectivity index is 3.02. The van der Waals surface area contributed by atoms with E-state index in [2.05, 4.69) is 36.6 Å². The summed E-state index contributed by atoms with van der Waals surface area (Å²) in [5.74, 6) is -0.589. The van der Waals surface area contributed by atoms with E-state index in [-0.39, 0.29) is 14.7 Å². The van der Waals surface area contributed by atoms with E-state index < -0.39 is 12.1 Å². The molecule has 7 heteroatoms. The average Bonchev–Trinajstić information content (AvgIpc) is 1.96. The Kier molecular flexibility index (Phi) is 3.31. The van der Waals surface area contributed by atoms with Crippen LogP contribution >= 0.6 is 31.9 Å². The number of phenols is 1. The molecule has 0 bridgehead atoms. The lowest BCUT2D eigenvalue weighted by atomic mass is 10.3. The fourth-order valence-corrected chi connectivity index (χ4v) is 1.88. The highest BCUT2D eigenvalue weighted by molar-refractivity contribution is 9.11. The van der Waals surface area contributed by atoms with Crippen molar-refractivity contribution < 1.29 is 23.0 Å². The summed E-state index contributed by atoms with van der Waals surface area (Å²) in [4.78, 5) is 0. The molecule has 1 aromatic carbocycles. The van der Waals surface area contributed by atoms with Gasteiger partial charge in [0.1, 0.15) is 11.5 Å². The maximum Gasteiger partial charge on any atom is 0.573 e. The van der Waals surface area contributed by atoms with E-state index in [1.807, 2.05) is 0 Å². The van der Waals surface area contributed by atoms with Crippen LogP contribution in [0.4, 0.5) is 13.2 Å². The summed E-state index contributed by atoms with van der Waals surface area (Å²) in [6.45, 7) is 0. The second kappa shape index (κ2) is 3.98. The molecule has 0 amide bonds. The summed E-state index contributed by atoms with van der Waals surface area (Å²) in [5, 5.41) is 9.20. The minimum atomic E-state index is -4.74. The number of hydrogen-bond acceptors (Lipinski definition) is 2. The zero-order valence-electron chi connectivity index (χ0n) is 6.40. The smallest absolute Gasteiger partial charge is 0.506 e. The first-order valence-electron chi connectivity index (χ1n) is 3.23. The lowest BCUT2D eigenvalue weighted by molar-refractivity contribution is -0.274. The quantitative estimate of drug-likeness (QED) is 0.845. The third kappa shape index (κ3) is 3.06. The lowest BCUT2D eigenvalue weighted by Crippen LogP contribution is -2.17. The zero-order valence-corrected chi connectivity index (χ0v) is 9.57. The third-order valence-electron chi connectivity index (χ3n) is 1.22. The Bertz CT molecular complexity index is 328. The fourth-order valence-electron chi connectivity index (χ4n) is 0.735. The van der Waals surface area contributed by atoms with E-state index in [0.29, 0.717) is 0 Å². The molecule has 0 aliphatic rings. The molecule has 0 aliphatic heterocycles. The minimum absolute atomic E-state index is 0.117. The van der Waals surface area contributed by atoms with Crippen molar-refractivity contribution in [3.63, 3.8) is 0 Å². The number of alkyl halides is 3. The van der Waals surface area contributed by atoms with Crippen molar-refractivity contribution in [3.05, 3.63) is 21.1 Å². The number of aromatic hydroxyl groups is 1. The van der Waals surface area contributed by atoms with Gasteiger partial charge in [0.05, 0.1) is 8.95 Å². The van der Waals surface area contributed by atoms with E-state index in [1.165, 1.54) is 0 Å². The van der Waals surface area contributed by atoms with Crippen LogP contribution in [-0.4, -0.2) is 11.5 Å². The van der Waals surface area contributed by atoms with Crippen LogP contribution in [0.15, 0.2) is 21.1 Å². The maximum absolute atomic E-state index is 11.8. The van der Waals surface area contributed by atoms with Gasteiger partial charge in [0.2, 0.25) is 0 Å². The first-order valence-corrected chi connectivity index (χ1v) is 4.82. The number of phenolic OH excluding ortho intramolecular Hbond substituents is 1. The predicted molar refractivity (Wildman–Crippen MR) is 50.2 cm³/mol. The minimum Gasteiger partial charge on any atom is -0.506 e. The van der Waals surface area contributed by atoms with Crippen LogP contribution < -0.4 is 4.74 Å². The topological polar surface area (TPSA) is 29.5 Å². The highest BCUT2D eigenvalue weighted by Gasteiger charge is 2.31. The van der Waals surface area contributed by atoms with E-state index in [9.17, 15) is 18.3 Å². The van der Waals surface area contributed by atoms with Crippen molar-refractivity contribution in [2.75, 3.05) is 0 Å². The first-order chi connectivity index (χ1) is 6.29. The number of halogens is 5. The largest absolute Gasteiger partial charge is 0.573 e. The van der Waals surface area contributed by atoms with Crippen LogP contribution in [0.25, 0.3) is 0 Å². The summed E-state index contributed by atoms with van der Waals surface area (Å²) >= 11 is 5.75. The van der Waals surface area contributed by atoms with Crippen molar-refractivity contribution >= 4 is 31.9 Å². The Hall–Kier alpha value is -0.430. The summed E-state index contributed by atoms with van der Waals surface area (Å²) in [6.07, 6.45) is -4.74. The van der Waals surface area contributed by atoms with Gasteiger partial charge < -0.3 is 9.84 Å². The van der Waals surface area contributed by atoms with Gasteiger partial charge in [-0.25, -0.2) is 0 Å². The molecule has 0 spiro atoms. The van der Waals surface area contributed by atoms with Gasteiger partial charge in [-0.15, -0.1) is 13.2 Å². The highest BCUT2D eigenvalue weighted by atomic mass is 79.9. The molecule has 1 N–H and O–H groups in total. The molecule has 2 nitrogen and oxygen atoms in total. The molecule has 0 unspecified atom stereocenters. The van der Waals surface area contributed by atoms with Gasteiger partial charge in [-0.1, -0.05) is 0 Å². The van der Waals surface area contributed by atoms with E-state index >= 15 is 0 Å². The molecular formula is C7H3Br2F3O2. The van der Waals surface area contributed by atoms with Gasteiger partial charge >= 0.3 is 6.36 Å². The summed E-state index contributed by atoms with van der Waals surface area (Å²) in [5.41, 5.74) is 0. The van der Waals surface area contributed by atoms with E-state index in [0.717, 1.165) is 12.1 Å². The van der Waals surface area contributed by atoms with E-state index in [1.54, 1.807) is 0 Å². The molecule has 0 aliphatic carbocycles. The van der Waals surface area contributed by atoms with Crippen LogP contribution in [0.5, 0.6) is 11.5 Å². The van der Waals surface area contributed by atoms with Crippen molar-refractivity contribution in [1.82, 2.24) is 0 Å². The Morgan fingerprint density at radius 1 is 1.14 bits per heavy atom. The van der Waals surface area contributed by atoms with Crippen molar-refractivity contribution in [1.29, 1.82) is 0 Å². The number of ether oxygens (including phenoxy) is 1. The molecule has 0 radical (unpaired) electrons. The Morgan fingerprint density at radius 3 is 1.93 bits per heavy atom. The van der Waals surface area contributed by atoms with Gasteiger partial charge in [0.15, 0.2) is 0 Å². The number of benzene rings is 1. The third-order valence-corrected chi connectivity index (χ3v) is 2.43. The molecule has 1 aromatic rings. The lowest BCUT2D eigenvalue weighted by Gasteiger charge is -2.10.